The summed E-state index contributed by atoms with van der Waals surface area (Å²) in [5, 5.41) is 123. The fourth-order valence-corrected chi connectivity index (χ4v) is 4.93. The first kappa shape index (κ1) is 110. The Labute approximate surface area is 571 Å². The average Bonchev–Trinajstić information content (AvgIpc) is 3.67. The molecule has 0 heterocycles. The summed E-state index contributed by atoms with van der Waals surface area (Å²) in [7, 11) is -2.62. The smallest absolute Gasteiger partial charge is 0.324 e. The molecule has 0 aliphatic carbocycles. The second-order valence-corrected chi connectivity index (χ2v) is 24.0. The molecule has 0 aromatic rings. The molecule has 0 fully saturated rings. The van der Waals surface area contributed by atoms with Gasteiger partial charge in [0.15, 0.2) is 0 Å². The highest BCUT2D eigenvalue weighted by atomic mass is 31.2. The third-order valence-corrected chi connectivity index (χ3v) is 10.5. The van der Waals surface area contributed by atoms with Crippen LogP contribution in [0.5, 0.6) is 0 Å². The quantitative estimate of drug-likeness (QED) is 0.0366. The van der Waals surface area contributed by atoms with Gasteiger partial charge in [0.25, 0.3) is 0 Å². The molecule has 0 radical (unpaired) electrons. The van der Waals surface area contributed by atoms with E-state index in [2.05, 4.69) is 0 Å². The lowest BCUT2D eigenvalue weighted by molar-refractivity contribution is -0.0620. The molecule has 0 rings (SSSR count). The highest BCUT2D eigenvalue weighted by Crippen LogP contribution is 2.12. The highest BCUT2D eigenvalue weighted by molar-refractivity contribution is 7.38. The minimum absolute atomic E-state index is 0.0170. The first-order chi connectivity index (χ1) is 44.1. The summed E-state index contributed by atoms with van der Waals surface area (Å²) in [6, 6.07) is 0. The molecule has 586 valence electrons. The number of ether oxygens (including phenoxy) is 14. The van der Waals surface area contributed by atoms with Crippen LogP contribution in [-0.4, -0.2) is 353 Å². The van der Waals surface area contributed by atoms with Crippen molar-refractivity contribution in [1.82, 2.24) is 0 Å². The van der Waals surface area contributed by atoms with Crippen LogP contribution in [0.3, 0.4) is 0 Å². The fourth-order valence-electron chi connectivity index (χ4n) is 4.93. The summed E-state index contributed by atoms with van der Waals surface area (Å²) in [6.45, 7) is 42.7. The highest BCUT2D eigenvalue weighted by Gasteiger charge is 2.13. The minimum Gasteiger partial charge on any atom is -0.394 e. The monoisotopic (exact) mass is 1430 g/mol. The van der Waals surface area contributed by atoms with Crippen molar-refractivity contribution in [2.75, 3.05) is 139 Å². The largest absolute Gasteiger partial charge is 0.394 e. The summed E-state index contributed by atoms with van der Waals surface area (Å²) in [5.74, 6) is 0. The molecule has 0 saturated carbocycles. The Morgan fingerprint density at radius 2 is 0.242 bits per heavy atom. The Hall–Kier alpha value is -0.810. The van der Waals surface area contributed by atoms with Crippen molar-refractivity contribution in [1.29, 1.82) is 0 Å². The molecule has 0 aliphatic rings. The van der Waals surface area contributed by atoms with E-state index in [0.717, 1.165) is 0 Å². The number of hydrogen-bond acceptors (Lipinski definition) is 31. The molecule has 21 atom stereocenters. The van der Waals surface area contributed by atoms with Gasteiger partial charge in [-0.15, -0.1) is 0 Å². The number of hydrogen-bond donors (Lipinski definition) is 17. The maximum absolute atomic E-state index is 8.92. The average molecular weight is 1430 g/mol. The number of aliphatic hydroxyl groups is 14. The van der Waals surface area contributed by atoms with Crippen LogP contribution in [-0.2, 0) is 66.3 Å². The second kappa shape index (κ2) is 78.9. The molecule has 0 aliphatic heterocycles. The standard InChI is InChI=1S/7C9H20O4.H3O3P/c7*1-7(11)5-12-9(3)6-13-8(2)4-10;1-4(2)3/h7*7-11H,4-6H2,1-3H3;1-3H. The third-order valence-electron chi connectivity index (χ3n) is 10.5. The maximum Gasteiger partial charge on any atom is 0.324 e. The van der Waals surface area contributed by atoms with E-state index in [1.54, 1.807) is 96.9 Å². The van der Waals surface area contributed by atoms with Crippen molar-refractivity contribution in [3.8, 4) is 0 Å². The van der Waals surface area contributed by atoms with Crippen LogP contribution in [0.2, 0.25) is 0 Å². The van der Waals surface area contributed by atoms with E-state index in [0.29, 0.717) is 92.5 Å². The Balaban J connectivity index is -0.000000153. The van der Waals surface area contributed by atoms with Gasteiger partial charge >= 0.3 is 8.60 Å². The molecule has 95 heavy (non-hydrogen) atoms. The maximum atomic E-state index is 8.92. The van der Waals surface area contributed by atoms with Gasteiger partial charge in [0.05, 0.1) is 267 Å². The predicted octanol–water partition coefficient (Wildman–Crippen LogP) is 0.378. The van der Waals surface area contributed by atoms with E-state index in [-0.39, 0.29) is 132 Å². The molecule has 21 unspecified atom stereocenters. The van der Waals surface area contributed by atoms with Crippen LogP contribution in [0.15, 0.2) is 0 Å². The Kier molecular flexibility index (Phi) is 91.5. The van der Waals surface area contributed by atoms with Gasteiger partial charge in [-0.2, -0.15) is 0 Å². The lowest BCUT2D eigenvalue weighted by atomic mass is 10.4. The molecule has 0 bridgehead atoms. The summed E-state index contributed by atoms with van der Waals surface area (Å²) in [4.78, 5) is 21.7. The Morgan fingerprint density at radius 3 is 0.305 bits per heavy atom. The van der Waals surface area contributed by atoms with Gasteiger partial charge in [-0.1, -0.05) is 0 Å². The normalized spacial score (nSPS) is 17.8. The van der Waals surface area contributed by atoms with Gasteiger partial charge in [-0.3, -0.25) is 0 Å². The van der Waals surface area contributed by atoms with Gasteiger partial charge in [0.2, 0.25) is 0 Å². The summed E-state index contributed by atoms with van der Waals surface area (Å²) in [6.07, 6.45) is -4.58. The van der Waals surface area contributed by atoms with Crippen molar-refractivity contribution in [3.05, 3.63) is 0 Å². The molecule has 0 saturated heterocycles. The SMILES string of the molecule is CC(O)COC(C)COC(C)CO.CC(O)COC(C)COC(C)CO.CC(O)COC(C)COC(C)CO.CC(O)COC(C)COC(C)CO.CC(O)COC(C)COC(C)CO.CC(O)COC(C)COC(C)CO.CC(O)COC(C)COC(C)CO.OP(O)O. The van der Waals surface area contributed by atoms with Crippen molar-refractivity contribution in [2.45, 2.75) is 274 Å². The van der Waals surface area contributed by atoms with E-state index in [1.807, 2.05) is 48.5 Å². The van der Waals surface area contributed by atoms with Gasteiger partial charge in [0, 0.05) is 0 Å². The van der Waals surface area contributed by atoms with E-state index < -0.39 is 51.3 Å². The van der Waals surface area contributed by atoms with Crippen molar-refractivity contribution in [2.24, 2.45) is 0 Å². The third kappa shape index (κ3) is 112. The molecular weight excluding hydrogens is 1280 g/mol. The Bertz CT molecular complexity index is 1150. The van der Waals surface area contributed by atoms with E-state index in [1.165, 1.54) is 0 Å². The molecule has 0 aromatic carbocycles. The zero-order valence-corrected chi connectivity index (χ0v) is 62.6. The zero-order valence-electron chi connectivity index (χ0n) is 61.7. The zero-order chi connectivity index (χ0) is 75.5. The van der Waals surface area contributed by atoms with E-state index >= 15 is 0 Å². The van der Waals surface area contributed by atoms with Crippen LogP contribution in [0, 0.1) is 0 Å². The van der Waals surface area contributed by atoms with Gasteiger partial charge in [0.1, 0.15) is 0 Å². The van der Waals surface area contributed by atoms with Gasteiger partial charge in [-0.25, -0.2) is 0 Å². The first-order valence-electron chi connectivity index (χ1n) is 32.7. The van der Waals surface area contributed by atoms with Gasteiger partial charge < -0.3 is 152 Å². The van der Waals surface area contributed by atoms with Crippen molar-refractivity contribution in [3.63, 3.8) is 0 Å². The lowest BCUT2D eigenvalue weighted by Gasteiger charge is -2.16. The molecule has 17 N–H and O–H groups in total. The Morgan fingerprint density at radius 1 is 0.168 bits per heavy atom. The van der Waals surface area contributed by atoms with Crippen LogP contribution < -0.4 is 0 Å². The van der Waals surface area contributed by atoms with Crippen LogP contribution in [0.4, 0.5) is 0 Å². The topological polar surface area (TPSA) is 473 Å². The summed E-state index contributed by atoms with van der Waals surface area (Å²) in [5.41, 5.74) is 0. The van der Waals surface area contributed by atoms with E-state index in [4.69, 9.17) is 152 Å². The van der Waals surface area contributed by atoms with Crippen molar-refractivity contribution >= 4 is 8.60 Å². The van der Waals surface area contributed by atoms with Crippen LogP contribution in [0.25, 0.3) is 0 Å². The summed E-state index contributed by atoms with van der Waals surface area (Å²) < 4.78 is 73.3. The van der Waals surface area contributed by atoms with Crippen LogP contribution >= 0.6 is 8.60 Å². The van der Waals surface area contributed by atoms with Gasteiger partial charge in [-0.05, 0) is 145 Å². The molecular formula is C63H143O31P. The lowest BCUT2D eigenvalue weighted by Crippen LogP contribution is -2.24. The second-order valence-electron chi connectivity index (χ2n) is 23.5. The molecule has 0 aromatic heterocycles. The minimum atomic E-state index is -2.62. The van der Waals surface area contributed by atoms with Crippen LogP contribution in [0.1, 0.15) is 145 Å². The molecule has 31 nitrogen and oxygen atoms in total. The molecule has 0 amide bonds. The molecule has 0 spiro atoms. The molecule has 32 heteroatoms. The first-order valence-corrected chi connectivity index (χ1v) is 33.9. The predicted molar refractivity (Wildman–Crippen MR) is 361 cm³/mol. The number of rotatable bonds is 49. The van der Waals surface area contributed by atoms with Crippen molar-refractivity contribution < 1.29 is 152 Å². The van der Waals surface area contributed by atoms with E-state index in [9.17, 15) is 0 Å². The fraction of sp³-hybridized carbons (Fsp3) is 1.00. The summed E-state index contributed by atoms with van der Waals surface area (Å²) >= 11 is 0. The number of aliphatic hydroxyl groups excluding tert-OH is 14.